The molecule has 3 saturated heterocycles. The van der Waals surface area contributed by atoms with E-state index in [4.69, 9.17) is 24.1 Å². The molecule has 5 rings (SSSR count). The molecule has 3 fully saturated rings. The number of carbonyl (C=O) groups is 3. The van der Waals surface area contributed by atoms with Gasteiger partial charge >= 0.3 is 11.9 Å². The van der Waals surface area contributed by atoms with Gasteiger partial charge in [0.05, 0.1) is 25.2 Å². The zero-order chi connectivity index (χ0) is 33.5. The fourth-order valence-electron chi connectivity index (χ4n) is 8.29. The number of rotatable bonds is 16. The van der Waals surface area contributed by atoms with E-state index in [9.17, 15) is 9.59 Å². The summed E-state index contributed by atoms with van der Waals surface area (Å²) in [5.41, 5.74) is -0.196. The standard InChI is InChI=1S/C38H54NO5.CH2O2/c1-3-5-6-7-8-9-16-23-35(40)43-36(4-2)44-38(30-19-12-10-13-20-30,31-21-14-11-15-22-31)37(41)42-34-28-32-24-25-33(29-34)39(32)26-17-18-27-39;2-1-3/h10-15,19-22,32-34,36H,3-9,16-18,23-29H2,1-2H3;1H,(H,2,3)/q+1;/p-1. The Labute approximate surface area is 281 Å². The van der Waals surface area contributed by atoms with Gasteiger partial charge in [0.1, 0.15) is 6.10 Å². The van der Waals surface area contributed by atoms with Gasteiger partial charge < -0.3 is 28.6 Å². The first kappa shape index (κ1) is 36.6. The lowest BCUT2D eigenvalue weighted by Gasteiger charge is -2.47. The lowest BCUT2D eigenvalue weighted by molar-refractivity contribution is -0.956. The van der Waals surface area contributed by atoms with Crippen LogP contribution in [0.15, 0.2) is 60.7 Å². The van der Waals surface area contributed by atoms with Crippen molar-refractivity contribution >= 4 is 18.4 Å². The highest BCUT2D eigenvalue weighted by atomic mass is 16.7. The SMILES string of the molecule is CCCCCCCCCC(=O)OC(CC)OC(C(=O)OC1CC2CCC(C1)[N+]21CCCC1)(c1ccccc1)c1ccccc1.O=C[O-]. The first-order valence-electron chi connectivity index (χ1n) is 18.0. The van der Waals surface area contributed by atoms with E-state index in [0.717, 1.165) is 32.1 Å². The van der Waals surface area contributed by atoms with Crippen LogP contribution in [-0.2, 0) is 34.2 Å². The number of quaternary nitrogens is 1. The topological polar surface area (TPSA) is 102 Å². The van der Waals surface area contributed by atoms with Gasteiger partial charge in [0, 0.05) is 57.8 Å². The molecule has 3 atom stereocenters. The molecule has 0 aliphatic carbocycles. The molecule has 0 radical (unpaired) electrons. The van der Waals surface area contributed by atoms with Crippen LogP contribution in [0.25, 0.3) is 0 Å². The van der Waals surface area contributed by atoms with Crippen LogP contribution in [0.1, 0.15) is 121 Å². The van der Waals surface area contributed by atoms with Crippen LogP contribution >= 0.6 is 0 Å². The Bertz CT molecular complexity index is 1170. The zero-order valence-corrected chi connectivity index (χ0v) is 28.5. The molecule has 8 nitrogen and oxygen atoms in total. The molecule has 3 aliphatic rings. The van der Waals surface area contributed by atoms with Crippen molar-refractivity contribution in [2.45, 2.75) is 140 Å². The zero-order valence-electron chi connectivity index (χ0n) is 28.5. The predicted molar refractivity (Wildman–Crippen MR) is 179 cm³/mol. The normalized spacial score (nSPS) is 21.8. The van der Waals surface area contributed by atoms with Crippen LogP contribution in [0.4, 0.5) is 0 Å². The fraction of sp³-hybridized carbons (Fsp3) is 0.615. The summed E-state index contributed by atoms with van der Waals surface area (Å²) >= 11 is 0. The molecule has 0 N–H and O–H groups in total. The third-order valence-electron chi connectivity index (χ3n) is 10.6. The largest absolute Gasteiger partial charge is 0.554 e. The molecular weight excluding hydrogens is 594 g/mol. The molecule has 2 bridgehead atoms. The number of nitrogens with zero attached hydrogens (tertiary/aromatic N) is 1. The summed E-state index contributed by atoms with van der Waals surface area (Å²) in [6.07, 6.45) is 14.6. The Kier molecular flexibility index (Phi) is 14.3. The summed E-state index contributed by atoms with van der Waals surface area (Å²) in [5.74, 6) is -0.701. The van der Waals surface area contributed by atoms with E-state index in [1.54, 1.807) is 0 Å². The monoisotopic (exact) mass is 649 g/mol. The fourth-order valence-corrected chi connectivity index (χ4v) is 8.29. The van der Waals surface area contributed by atoms with Crippen LogP contribution in [0.5, 0.6) is 0 Å². The number of esters is 2. The van der Waals surface area contributed by atoms with E-state index in [0.29, 0.717) is 36.1 Å². The molecule has 3 aliphatic heterocycles. The van der Waals surface area contributed by atoms with E-state index in [1.807, 2.05) is 67.6 Å². The quantitative estimate of drug-likeness (QED) is 0.0666. The maximum Gasteiger partial charge on any atom is 0.348 e. The molecule has 2 aromatic rings. The van der Waals surface area contributed by atoms with Crippen molar-refractivity contribution in [2.24, 2.45) is 0 Å². The third kappa shape index (κ3) is 9.02. The van der Waals surface area contributed by atoms with Gasteiger partial charge in [-0.15, -0.1) is 0 Å². The van der Waals surface area contributed by atoms with E-state index in [-0.39, 0.29) is 12.1 Å². The molecule has 2 aromatic carbocycles. The van der Waals surface area contributed by atoms with Crippen molar-refractivity contribution < 1.29 is 38.2 Å². The van der Waals surface area contributed by atoms with Gasteiger partial charge in [-0.2, -0.15) is 0 Å². The molecule has 47 heavy (non-hydrogen) atoms. The Morgan fingerprint density at radius 1 is 0.851 bits per heavy atom. The first-order valence-corrected chi connectivity index (χ1v) is 18.0. The van der Waals surface area contributed by atoms with Crippen LogP contribution in [-0.4, -0.2) is 60.5 Å². The van der Waals surface area contributed by atoms with Gasteiger partial charge in [0.15, 0.2) is 0 Å². The summed E-state index contributed by atoms with van der Waals surface area (Å²) in [7, 11) is 0. The van der Waals surface area contributed by atoms with E-state index < -0.39 is 24.3 Å². The molecular formula is C39H55NO7. The Morgan fingerprint density at radius 3 is 1.87 bits per heavy atom. The van der Waals surface area contributed by atoms with Gasteiger partial charge in [0.2, 0.25) is 11.9 Å². The highest BCUT2D eigenvalue weighted by molar-refractivity contribution is 5.86. The summed E-state index contributed by atoms with van der Waals surface area (Å²) in [4.78, 5) is 35.9. The molecule has 0 amide bonds. The van der Waals surface area contributed by atoms with Crippen LogP contribution in [0, 0.1) is 0 Å². The summed E-state index contributed by atoms with van der Waals surface area (Å²) in [6.45, 7) is 6.20. The average Bonchev–Trinajstić information content (AvgIpc) is 3.63. The first-order chi connectivity index (χ1) is 22.9. The lowest BCUT2D eigenvalue weighted by atomic mass is 9.85. The van der Waals surface area contributed by atoms with E-state index >= 15 is 0 Å². The third-order valence-corrected chi connectivity index (χ3v) is 10.6. The Hall–Kier alpha value is -3.23. The highest BCUT2D eigenvalue weighted by Gasteiger charge is 2.57. The molecule has 3 heterocycles. The van der Waals surface area contributed by atoms with Gasteiger partial charge in [-0.25, -0.2) is 4.79 Å². The van der Waals surface area contributed by atoms with Crippen molar-refractivity contribution in [2.75, 3.05) is 13.1 Å². The predicted octanol–water partition coefficient (Wildman–Crippen LogP) is 6.58. The maximum atomic E-state index is 14.6. The van der Waals surface area contributed by atoms with Gasteiger partial charge in [0.25, 0.3) is 0 Å². The second-order valence-electron chi connectivity index (χ2n) is 13.5. The molecule has 3 unspecified atom stereocenters. The van der Waals surface area contributed by atoms with Crippen molar-refractivity contribution in [3.63, 3.8) is 0 Å². The minimum Gasteiger partial charge on any atom is -0.554 e. The Balaban J connectivity index is 0.00000160. The average molecular weight is 650 g/mol. The minimum atomic E-state index is -1.56. The summed E-state index contributed by atoms with van der Waals surface area (Å²) < 4.78 is 20.4. The summed E-state index contributed by atoms with van der Waals surface area (Å²) in [6, 6.07) is 20.3. The number of benzene rings is 2. The van der Waals surface area contributed by atoms with Gasteiger partial charge in [-0.05, 0) is 17.5 Å². The number of hydrogen-bond acceptors (Lipinski definition) is 7. The summed E-state index contributed by atoms with van der Waals surface area (Å²) in [5, 5.41) is 8.25. The van der Waals surface area contributed by atoms with Crippen LogP contribution in [0.2, 0.25) is 0 Å². The van der Waals surface area contributed by atoms with Crippen molar-refractivity contribution in [1.82, 2.24) is 0 Å². The highest BCUT2D eigenvalue weighted by Crippen LogP contribution is 2.47. The van der Waals surface area contributed by atoms with E-state index in [2.05, 4.69) is 6.92 Å². The van der Waals surface area contributed by atoms with Gasteiger partial charge in [-0.3, -0.25) is 4.79 Å². The Morgan fingerprint density at radius 2 is 1.36 bits per heavy atom. The number of hydrogen-bond donors (Lipinski definition) is 0. The molecule has 0 aromatic heterocycles. The number of carbonyl (C=O) groups excluding carboxylic acids is 3. The van der Waals surface area contributed by atoms with Crippen molar-refractivity contribution in [3.05, 3.63) is 71.8 Å². The van der Waals surface area contributed by atoms with Crippen LogP contribution < -0.4 is 5.11 Å². The second kappa shape index (κ2) is 18.3. The maximum absolute atomic E-state index is 14.6. The van der Waals surface area contributed by atoms with E-state index in [1.165, 1.54) is 68.9 Å². The molecule has 8 heteroatoms. The number of carboxylic acid groups (broad SMARTS) is 1. The van der Waals surface area contributed by atoms with Crippen LogP contribution in [0.3, 0.4) is 0 Å². The molecule has 0 saturated carbocycles. The second-order valence-corrected chi connectivity index (χ2v) is 13.5. The van der Waals surface area contributed by atoms with Gasteiger partial charge in [-0.1, -0.05) is 113 Å². The van der Waals surface area contributed by atoms with Crippen molar-refractivity contribution in [1.29, 1.82) is 0 Å². The number of ether oxygens (including phenoxy) is 3. The molecule has 1 spiro atoms. The smallest absolute Gasteiger partial charge is 0.348 e. The number of piperidine rings is 1. The lowest BCUT2D eigenvalue weighted by Crippen LogP contribution is -2.60. The number of unbranched alkanes of at least 4 members (excludes halogenated alkanes) is 6. The van der Waals surface area contributed by atoms with Crippen molar-refractivity contribution in [3.8, 4) is 0 Å². The minimum absolute atomic E-state index is 0.139. The molecule has 258 valence electrons.